The summed E-state index contributed by atoms with van der Waals surface area (Å²) in [5, 5.41) is 8.70. The number of carbonyl (C=O) groups excluding carboxylic acids is 1. The van der Waals surface area contributed by atoms with Crippen molar-refractivity contribution in [3.05, 3.63) is 65.9 Å². The molecule has 0 bridgehead atoms. The van der Waals surface area contributed by atoms with Gasteiger partial charge in [0.1, 0.15) is 0 Å². The molecule has 1 aliphatic heterocycles. The minimum Gasteiger partial charge on any atom is -0.350 e. The summed E-state index contributed by atoms with van der Waals surface area (Å²) in [5.74, 6) is 0.484. The van der Waals surface area contributed by atoms with E-state index in [0.717, 1.165) is 56.3 Å². The lowest BCUT2D eigenvalue weighted by atomic mass is 9.96. The summed E-state index contributed by atoms with van der Waals surface area (Å²) in [5.41, 5.74) is 2.96. The van der Waals surface area contributed by atoms with Crippen LogP contribution in [0.15, 0.2) is 54.6 Å². The van der Waals surface area contributed by atoms with Crippen LogP contribution in [0.25, 0.3) is 10.9 Å². The molecule has 0 atom stereocenters. The van der Waals surface area contributed by atoms with E-state index in [1.807, 2.05) is 28.9 Å². The largest absolute Gasteiger partial charge is 0.350 e. The summed E-state index contributed by atoms with van der Waals surface area (Å²) in [7, 11) is 0. The molecular weight excluding hydrogens is 408 g/mol. The van der Waals surface area contributed by atoms with Crippen LogP contribution in [0.2, 0.25) is 0 Å². The molecule has 1 aromatic heterocycles. The first-order valence-corrected chi connectivity index (χ1v) is 11.1. The number of likely N-dealkylation sites (tertiary alicyclic amines) is 1. The van der Waals surface area contributed by atoms with Gasteiger partial charge in [0.2, 0.25) is 0 Å². The van der Waals surface area contributed by atoms with Crippen LogP contribution in [0.3, 0.4) is 0 Å². The van der Waals surface area contributed by atoms with Crippen LogP contribution >= 0.6 is 12.4 Å². The number of rotatable bonds is 7. The number of nitrogens with zero attached hydrogens (tertiary/aromatic N) is 3. The Morgan fingerprint density at radius 1 is 1.06 bits per heavy atom. The van der Waals surface area contributed by atoms with Gasteiger partial charge in [-0.2, -0.15) is 5.10 Å². The summed E-state index contributed by atoms with van der Waals surface area (Å²) >= 11 is 0. The Kier molecular flexibility index (Phi) is 8.10. The maximum atomic E-state index is 12.9. The fourth-order valence-electron chi connectivity index (χ4n) is 4.32. The maximum Gasteiger partial charge on any atom is 0.272 e. The Balaban J connectivity index is 0.00000272. The molecule has 1 N–H and O–H groups in total. The average molecular weight is 441 g/mol. The topological polar surface area (TPSA) is 50.2 Å². The van der Waals surface area contributed by atoms with Crippen LogP contribution in [0.5, 0.6) is 0 Å². The molecule has 0 spiro atoms. The fourth-order valence-corrected chi connectivity index (χ4v) is 4.32. The van der Waals surface area contributed by atoms with Gasteiger partial charge < -0.3 is 10.2 Å². The third-order valence-electron chi connectivity index (χ3n) is 6.14. The second-order valence-corrected chi connectivity index (χ2v) is 8.63. The number of nitrogens with one attached hydrogen (secondary N) is 1. The van der Waals surface area contributed by atoms with E-state index in [2.05, 4.69) is 59.5 Å². The van der Waals surface area contributed by atoms with Gasteiger partial charge in [-0.05, 0) is 63.7 Å². The van der Waals surface area contributed by atoms with Crippen LogP contribution < -0.4 is 5.32 Å². The molecule has 2 heterocycles. The molecule has 31 heavy (non-hydrogen) atoms. The molecule has 5 nitrogen and oxygen atoms in total. The number of piperidine rings is 1. The van der Waals surface area contributed by atoms with Gasteiger partial charge in [0.25, 0.3) is 5.91 Å². The van der Waals surface area contributed by atoms with Gasteiger partial charge in [-0.25, -0.2) is 0 Å². The first-order valence-electron chi connectivity index (χ1n) is 11.1. The Hall–Kier alpha value is -2.37. The lowest BCUT2D eigenvalue weighted by Gasteiger charge is -2.32. The minimum atomic E-state index is -0.0582. The van der Waals surface area contributed by atoms with E-state index in [1.54, 1.807) is 0 Å². The molecule has 1 amide bonds. The highest BCUT2D eigenvalue weighted by Crippen LogP contribution is 2.22. The number of hydrogen-bond acceptors (Lipinski definition) is 3. The number of carbonyl (C=O) groups is 1. The molecule has 6 heteroatoms. The van der Waals surface area contributed by atoms with Gasteiger partial charge in [-0.1, -0.05) is 48.5 Å². The maximum absolute atomic E-state index is 12.9. The fraction of sp³-hybridized carbons (Fsp3) is 0.440. The number of para-hydroxylation sites is 1. The number of aromatic nitrogens is 2. The Morgan fingerprint density at radius 2 is 1.74 bits per heavy atom. The number of hydrogen-bond donors (Lipinski definition) is 1. The van der Waals surface area contributed by atoms with Gasteiger partial charge in [-0.3, -0.25) is 9.48 Å². The quantitative estimate of drug-likeness (QED) is 0.578. The van der Waals surface area contributed by atoms with Crippen molar-refractivity contribution in [1.82, 2.24) is 20.0 Å². The van der Waals surface area contributed by atoms with Crippen molar-refractivity contribution in [3.8, 4) is 0 Å². The summed E-state index contributed by atoms with van der Waals surface area (Å²) in [6, 6.07) is 18.9. The van der Waals surface area contributed by atoms with Crippen molar-refractivity contribution < 1.29 is 4.79 Å². The number of benzene rings is 2. The number of amides is 1. The van der Waals surface area contributed by atoms with Gasteiger partial charge in [0.15, 0.2) is 5.69 Å². The minimum absolute atomic E-state index is 0. The van der Waals surface area contributed by atoms with Crippen LogP contribution in [-0.4, -0.2) is 46.8 Å². The van der Waals surface area contributed by atoms with Crippen LogP contribution in [0.1, 0.15) is 48.8 Å². The molecule has 0 unspecified atom stereocenters. The summed E-state index contributed by atoms with van der Waals surface area (Å²) in [6.45, 7) is 8.24. The second kappa shape index (κ2) is 10.8. The molecule has 0 saturated carbocycles. The van der Waals surface area contributed by atoms with Crippen molar-refractivity contribution in [2.75, 3.05) is 26.2 Å². The predicted molar refractivity (Wildman–Crippen MR) is 129 cm³/mol. The zero-order chi connectivity index (χ0) is 20.9. The van der Waals surface area contributed by atoms with Crippen molar-refractivity contribution >= 4 is 29.2 Å². The van der Waals surface area contributed by atoms with Crippen molar-refractivity contribution in [1.29, 1.82) is 0 Å². The van der Waals surface area contributed by atoms with Gasteiger partial charge in [-0.15, -0.1) is 12.4 Å². The summed E-state index contributed by atoms with van der Waals surface area (Å²) < 4.78 is 1.94. The van der Waals surface area contributed by atoms with Gasteiger partial charge in [0.05, 0.1) is 5.52 Å². The lowest BCUT2D eigenvalue weighted by molar-refractivity contribution is 0.0932. The Morgan fingerprint density at radius 3 is 2.45 bits per heavy atom. The predicted octanol–water partition coefficient (Wildman–Crippen LogP) is 4.72. The highest BCUT2D eigenvalue weighted by atomic mass is 35.5. The monoisotopic (exact) mass is 440 g/mol. The molecule has 1 saturated heterocycles. The molecule has 1 aliphatic rings. The lowest BCUT2D eigenvalue weighted by Crippen LogP contribution is -2.39. The van der Waals surface area contributed by atoms with Crippen molar-refractivity contribution in [2.24, 2.45) is 5.92 Å². The highest BCUT2D eigenvalue weighted by Gasteiger charge is 2.22. The van der Waals surface area contributed by atoms with E-state index in [0.29, 0.717) is 11.6 Å². The van der Waals surface area contributed by atoms with Crippen LogP contribution in [0, 0.1) is 5.92 Å². The Labute approximate surface area is 191 Å². The molecular formula is C25H33ClN4O. The first kappa shape index (κ1) is 23.3. The van der Waals surface area contributed by atoms with Gasteiger partial charge >= 0.3 is 0 Å². The second-order valence-electron chi connectivity index (χ2n) is 8.63. The molecule has 3 aromatic rings. The van der Waals surface area contributed by atoms with E-state index in [1.165, 1.54) is 5.56 Å². The van der Waals surface area contributed by atoms with E-state index in [4.69, 9.17) is 0 Å². The molecule has 4 rings (SSSR count). The number of halogens is 1. The third-order valence-corrected chi connectivity index (χ3v) is 6.14. The molecule has 0 radical (unpaired) electrons. The Bertz CT molecular complexity index is 978. The SMILES string of the molecule is CC(C)n1nc(C(=O)NCC2CCN(CCc3ccccc3)CC2)c2ccccc21.Cl. The van der Waals surface area contributed by atoms with E-state index >= 15 is 0 Å². The number of fused-ring (bicyclic) bond motifs is 1. The molecule has 1 fully saturated rings. The van der Waals surface area contributed by atoms with Crippen LogP contribution in [-0.2, 0) is 6.42 Å². The normalized spacial score (nSPS) is 15.2. The zero-order valence-corrected chi connectivity index (χ0v) is 19.3. The summed E-state index contributed by atoms with van der Waals surface area (Å²) in [4.78, 5) is 15.4. The zero-order valence-electron chi connectivity index (χ0n) is 18.5. The van der Waals surface area contributed by atoms with Gasteiger partial charge in [0, 0.05) is 24.5 Å². The third kappa shape index (κ3) is 5.66. The van der Waals surface area contributed by atoms with Crippen LogP contribution in [0.4, 0.5) is 0 Å². The molecule has 2 aromatic carbocycles. The van der Waals surface area contributed by atoms with E-state index in [9.17, 15) is 4.79 Å². The summed E-state index contributed by atoms with van der Waals surface area (Å²) in [6.07, 6.45) is 3.38. The molecule has 166 valence electrons. The highest BCUT2D eigenvalue weighted by molar-refractivity contribution is 6.04. The smallest absolute Gasteiger partial charge is 0.272 e. The van der Waals surface area contributed by atoms with E-state index < -0.39 is 0 Å². The molecule has 0 aliphatic carbocycles. The van der Waals surface area contributed by atoms with E-state index in [-0.39, 0.29) is 24.4 Å². The average Bonchev–Trinajstić information content (AvgIpc) is 3.18. The van der Waals surface area contributed by atoms with Crippen molar-refractivity contribution in [2.45, 2.75) is 39.2 Å². The van der Waals surface area contributed by atoms with Crippen molar-refractivity contribution in [3.63, 3.8) is 0 Å². The standard InChI is InChI=1S/C25H32N4O.ClH/c1-19(2)29-23-11-7-6-10-22(23)24(27-29)25(30)26-18-21-13-16-28(17-14-21)15-12-20-8-4-3-5-9-20;/h3-11,19,21H,12-18H2,1-2H3,(H,26,30);1H. The first-order chi connectivity index (χ1) is 14.6.